The highest BCUT2D eigenvalue weighted by atomic mass is 19.1. The summed E-state index contributed by atoms with van der Waals surface area (Å²) in [5.41, 5.74) is 11.0. The Morgan fingerprint density at radius 2 is 1.94 bits per heavy atom. The number of aryl methyl sites for hydroxylation is 1. The Balaban J connectivity index is 1.56. The van der Waals surface area contributed by atoms with Crippen LogP contribution in [0.4, 0.5) is 10.2 Å². The highest BCUT2D eigenvalue weighted by Crippen LogP contribution is 2.31. The first-order chi connectivity index (χ1) is 16.0. The number of hydrogen-bond donors (Lipinski definition) is 2. The van der Waals surface area contributed by atoms with Crippen LogP contribution in [0.1, 0.15) is 24.2 Å². The van der Waals surface area contributed by atoms with Gasteiger partial charge in [-0.25, -0.2) is 19.3 Å². The van der Waals surface area contributed by atoms with Crippen molar-refractivity contribution in [3.63, 3.8) is 0 Å². The van der Waals surface area contributed by atoms with Gasteiger partial charge in [0, 0.05) is 35.8 Å². The molecule has 1 aliphatic heterocycles. The molecule has 0 aliphatic carbocycles. The van der Waals surface area contributed by atoms with E-state index in [1.165, 1.54) is 12.1 Å². The van der Waals surface area contributed by atoms with E-state index in [1.807, 2.05) is 29.7 Å². The zero-order valence-corrected chi connectivity index (χ0v) is 18.1. The van der Waals surface area contributed by atoms with Crippen molar-refractivity contribution >= 4 is 17.4 Å². The second kappa shape index (κ2) is 8.59. The van der Waals surface area contributed by atoms with Crippen LogP contribution in [0, 0.1) is 12.7 Å². The maximum Gasteiger partial charge on any atom is 0.249 e. The van der Waals surface area contributed by atoms with Gasteiger partial charge in [-0.3, -0.25) is 4.79 Å². The summed E-state index contributed by atoms with van der Waals surface area (Å²) in [7, 11) is 0. The third-order valence-electron chi connectivity index (χ3n) is 5.73. The molecule has 9 heteroatoms. The zero-order chi connectivity index (χ0) is 22.9. The van der Waals surface area contributed by atoms with Crippen LogP contribution in [0.15, 0.2) is 48.8 Å². The number of fused-ring (bicyclic) bond motifs is 1. The van der Waals surface area contributed by atoms with Crippen LogP contribution in [0.5, 0.6) is 0 Å². The minimum absolute atomic E-state index is 0.126. The molecule has 0 unspecified atom stereocenters. The van der Waals surface area contributed by atoms with Crippen LogP contribution in [-0.2, 0) is 16.1 Å². The number of rotatable bonds is 5. The van der Waals surface area contributed by atoms with Gasteiger partial charge in [0.2, 0.25) is 5.91 Å². The molecule has 3 aromatic heterocycles. The van der Waals surface area contributed by atoms with Gasteiger partial charge in [0.05, 0.1) is 17.9 Å². The lowest BCUT2D eigenvalue weighted by atomic mass is 10.0. The van der Waals surface area contributed by atoms with Gasteiger partial charge < -0.3 is 20.2 Å². The van der Waals surface area contributed by atoms with Gasteiger partial charge in [-0.2, -0.15) is 0 Å². The second-order valence-electron chi connectivity index (χ2n) is 8.02. The number of hydrogen-bond acceptors (Lipinski definition) is 6. The highest BCUT2D eigenvalue weighted by Gasteiger charge is 2.24. The topological polar surface area (TPSA) is 107 Å². The van der Waals surface area contributed by atoms with Crippen LogP contribution >= 0.6 is 0 Å². The van der Waals surface area contributed by atoms with Crippen molar-refractivity contribution in [1.29, 1.82) is 0 Å². The number of carbonyl (C=O) groups excluding carboxylic acids is 1. The van der Waals surface area contributed by atoms with Gasteiger partial charge >= 0.3 is 0 Å². The van der Waals surface area contributed by atoms with Gasteiger partial charge in [-0.05, 0) is 56.2 Å². The van der Waals surface area contributed by atoms with E-state index in [-0.39, 0.29) is 24.1 Å². The summed E-state index contributed by atoms with van der Waals surface area (Å²) < 4.78 is 20.9. The first kappa shape index (κ1) is 21.0. The van der Waals surface area contributed by atoms with Crippen LogP contribution in [0.3, 0.4) is 0 Å². The van der Waals surface area contributed by atoms with Gasteiger partial charge in [0.1, 0.15) is 29.1 Å². The molecule has 5 rings (SSSR count). The standard InChI is InChI=1S/C24H23FN6O2/c1-14-11-27-20-9-6-16(13-31(14)20)22-21(15-4-7-17(25)8-5-15)30-23(26)18(29-22)12-28-24(32)19-3-2-10-33-19/h4-9,11,13,19H,2-3,10,12H2,1H3,(H2,26,30)(H,28,32)/t19-/m1/s1. The van der Waals surface area contributed by atoms with Crippen molar-refractivity contribution < 1.29 is 13.9 Å². The molecular formula is C24H23FN6O2. The molecule has 4 heterocycles. The summed E-state index contributed by atoms with van der Waals surface area (Å²) in [6.07, 6.45) is 4.85. The first-order valence-electron chi connectivity index (χ1n) is 10.8. The fraction of sp³-hybridized carbons (Fsp3) is 0.250. The number of carbonyl (C=O) groups is 1. The van der Waals surface area contributed by atoms with Gasteiger partial charge in [0.15, 0.2) is 0 Å². The highest BCUT2D eigenvalue weighted by molar-refractivity contribution is 5.82. The minimum atomic E-state index is -0.441. The number of halogens is 1. The van der Waals surface area contributed by atoms with Crippen molar-refractivity contribution in [2.45, 2.75) is 32.4 Å². The van der Waals surface area contributed by atoms with E-state index in [1.54, 1.807) is 18.3 Å². The molecule has 3 N–H and O–H groups in total. The smallest absolute Gasteiger partial charge is 0.249 e. The Bertz CT molecular complexity index is 1330. The Morgan fingerprint density at radius 3 is 2.70 bits per heavy atom. The molecule has 1 amide bonds. The average molecular weight is 446 g/mol. The molecule has 1 fully saturated rings. The molecule has 1 aliphatic rings. The van der Waals surface area contributed by atoms with Gasteiger partial charge in [0.25, 0.3) is 0 Å². The number of ether oxygens (including phenoxy) is 1. The van der Waals surface area contributed by atoms with E-state index >= 15 is 0 Å². The molecule has 1 atom stereocenters. The number of aromatic nitrogens is 4. The predicted octanol–water partition coefficient (Wildman–Crippen LogP) is 3.28. The Hall–Kier alpha value is -3.85. The van der Waals surface area contributed by atoms with Crippen LogP contribution in [-0.4, -0.2) is 38.0 Å². The van der Waals surface area contributed by atoms with E-state index in [2.05, 4.69) is 15.3 Å². The van der Waals surface area contributed by atoms with E-state index in [0.29, 0.717) is 35.7 Å². The SMILES string of the molecule is Cc1cnc2ccc(-c3nc(CNC(=O)[C@H]4CCCO4)c(N)nc3-c3ccc(F)cc3)cn12. The fourth-order valence-electron chi connectivity index (χ4n) is 3.94. The summed E-state index contributed by atoms with van der Waals surface area (Å²) >= 11 is 0. The van der Waals surface area contributed by atoms with E-state index in [9.17, 15) is 9.18 Å². The number of nitrogens with zero attached hydrogens (tertiary/aromatic N) is 4. The lowest BCUT2D eigenvalue weighted by Gasteiger charge is -2.15. The Kier molecular flexibility index (Phi) is 5.47. The number of benzene rings is 1. The summed E-state index contributed by atoms with van der Waals surface area (Å²) in [5, 5.41) is 2.85. The van der Waals surface area contributed by atoms with Gasteiger partial charge in [-0.1, -0.05) is 0 Å². The minimum Gasteiger partial charge on any atom is -0.382 e. The van der Waals surface area contributed by atoms with Crippen molar-refractivity contribution in [1.82, 2.24) is 24.7 Å². The van der Waals surface area contributed by atoms with E-state index in [0.717, 1.165) is 23.3 Å². The average Bonchev–Trinajstić information content (AvgIpc) is 3.49. The number of pyridine rings is 1. The summed E-state index contributed by atoms with van der Waals surface area (Å²) in [4.78, 5) is 26.1. The molecule has 33 heavy (non-hydrogen) atoms. The lowest BCUT2D eigenvalue weighted by Crippen LogP contribution is -2.34. The number of nitrogen functional groups attached to an aromatic ring is 1. The Morgan fingerprint density at radius 1 is 1.18 bits per heavy atom. The molecule has 168 valence electrons. The quantitative estimate of drug-likeness (QED) is 0.487. The maximum atomic E-state index is 13.5. The molecule has 4 aromatic rings. The predicted molar refractivity (Wildman–Crippen MR) is 122 cm³/mol. The lowest BCUT2D eigenvalue weighted by molar-refractivity contribution is -0.130. The normalized spacial score (nSPS) is 15.8. The number of amides is 1. The third-order valence-corrected chi connectivity index (χ3v) is 5.73. The molecule has 0 bridgehead atoms. The number of nitrogens with one attached hydrogen (secondary N) is 1. The number of nitrogens with two attached hydrogens (primary N) is 1. The van der Waals surface area contributed by atoms with Crippen molar-refractivity contribution in [3.05, 3.63) is 66.0 Å². The van der Waals surface area contributed by atoms with Crippen molar-refractivity contribution in [3.8, 4) is 22.5 Å². The number of anilines is 1. The van der Waals surface area contributed by atoms with E-state index < -0.39 is 6.10 Å². The van der Waals surface area contributed by atoms with Crippen molar-refractivity contribution in [2.24, 2.45) is 0 Å². The molecule has 0 radical (unpaired) electrons. The maximum absolute atomic E-state index is 13.5. The first-order valence-corrected chi connectivity index (χ1v) is 10.8. The second-order valence-corrected chi connectivity index (χ2v) is 8.02. The largest absolute Gasteiger partial charge is 0.382 e. The molecular weight excluding hydrogens is 423 g/mol. The third kappa shape index (κ3) is 4.14. The molecule has 0 spiro atoms. The summed E-state index contributed by atoms with van der Waals surface area (Å²) in [6, 6.07) is 9.83. The summed E-state index contributed by atoms with van der Waals surface area (Å²) in [5.74, 6) is -0.330. The van der Waals surface area contributed by atoms with Gasteiger partial charge in [-0.15, -0.1) is 0 Å². The molecule has 0 saturated carbocycles. The number of imidazole rings is 1. The molecule has 1 saturated heterocycles. The van der Waals surface area contributed by atoms with Crippen molar-refractivity contribution in [2.75, 3.05) is 12.3 Å². The van der Waals surface area contributed by atoms with E-state index in [4.69, 9.17) is 15.5 Å². The summed E-state index contributed by atoms with van der Waals surface area (Å²) in [6.45, 7) is 2.68. The van der Waals surface area contributed by atoms with Crippen LogP contribution < -0.4 is 11.1 Å². The molecule has 1 aromatic carbocycles. The zero-order valence-electron chi connectivity index (χ0n) is 18.1. The monoisotopic (exact) mass is 446 g/mol. The molecule has 8 nitrogen and oxygen atoms in total. The van der Waals surface area contributed by atoms with Crippen LogP contribution in [0.25, 0.3) is 28.2 Å². The fourth-order valence-corrected chi connectivity index (χ4v) is 3.94. The Labute approximate surface area is 189 Å². The van der Waals surface area contributed by atoms with Crippen LogP contribution in [0.2, 0.25) is 0 Å².